The lowest BCUT2D eigenvalue weighted by atomic mass is 10.2. The van der Waals surface area contributed by atoms with Crippen LogP contribution in [-0.2, 0) is 6.42 Å². The van der Waals surface area contributed by atoms with Crippen LogP contribution in [0.4, 0.5) is 0 Å². The Kier molecular flexibility index (Phi) is 1.61. The molecule has 0 N–H and O–H groups in total. The minimum atomic E-state index is 1.04. The molecule has 0 fully saturated rings. The van der Waals surface area contributed by atoms with Gasteiger partial charge >= 0.3 is 0 Å². The molecule has 0 aromatic carbocycles. The van der Waals surface area contributed by atoms with Gasteiger partial charge in [-0.2, -0.15) is 0 Å². The van der Waals surface area contributed by atoms with Gasteiger partial charge in [-0.1, -0.05) is 13.0 Å². The van der Waals surface area contributed by atoms with Gasteiger partial charge in [0.2, 0.25) is 0 Å². The second-order valence-electron chi connectivity index (χ2n) is 3.05. The number of rotatable bonds is 1. The molecular formula is C10H12N2. The SMILES string of the molecule is CCc1cc(C)cn2ccnc12. The summed E-state index contributed by atoms with van der Waals surface area (Å²) in [5.41, 5.74) is 3.69. The van der Waals surface area contributed by atoms with Crippen LogP contribution in [0.5, 0.6) is 0 Å². The average Bonchev–Trinajstić information content (AvgIpc) is 2.50. The first-order valence-corrected chi connectivity index (χ1v) is 4.23. The summed E-state index contributed by atoms with van der Waals surface area (Å²) in [4.78, 5) is 4.29. The predicted octanol–water partition coefficient (Wildman–Crippen LogP) is 2.21. The lowest BCUT2D eigenvalue weighted by Gasteiger charge is -2.02. The van der Waals surface area contributed by atoms with E-state index in [2.05, 4.69) is 35.5 Å². The normalized spacial score (nSPS) is 10.8. The zero-order valence-corrected chi connectivity index (χ0v) is 7.41. The second kappa shape index (κ2) is 2.63. The van der Waals surface area contributed by atoms with Crippen molar-refractivity contribution < 1.29 is 0 Å². The molecule has 0 saturated heterocycles. The molecule has 0 atom stereocenters. The third kappa shape index (κ3) is 0.998. The van der Waals surface area contributed by atoms with Crippen molar-refractivity contribution in [2.24, 2.45) is 0 Å². The third-order valence-corrected chi connectivity index (χ3v) is 2.08. The van der Waals surface area contributed by atoms with E-state index < -0.39 is 0 Å². The molecule has 62 valence electrons. The van der Waals surface area contributed by atoms with Gasteiger partial charge in [-0.25, -0.2) is 4.98 Å². The number of hydrogen-bond donors (Lipinski definition) is 0. The summed E-state index contributed by atoms with van der Waals surface area (Å²) in [6.07, 6.45) is 6.97. The van der Waals surface area contributed by atoms with Gasteiger partial charge in [-0.3, -0.25) is 0 Å². The number of imidazole rings is 1. The van der Waals surface area contributed by atoms with Gasteiger partial charge in [-0.05, 0) is 24.5 Å². The summed E-state index contributed by atoms with van der Waals surface area (Å²) in [6, 6.07) is 2.20. The molecular weight excluding hydrogens is 148 g/mol. The van der Waals surface area contributed by atoms with E-state index in [1.54, 1.807) is 0 Å². The van der Waals surface area contributed by atoms with Gasteiger partial charge in [0.25, 0.3) is 0 Å². The van der Waals surface area contributed by atoms with Crippen LogP contribution in [0.2, 0.25) is 0 Å². The predicted molar refractivity (Wildman–Crippen MR) is 49.3 cm³/mol. The van der Waals surface area contributed by atoms with Crippen LogP contribution in [0.25, 0.3) is 5.65 Å². The topological polar surface area (TPSA) is 17.3 Å². The van der Waals surface area contributed by atoms with E-state index in [1.807, 2.05) is 12.4 Å². The molecule has 2 heterocycles. The van der Waals surface area contributed by atoms with Gasteiger partial charge < -0.3 is 4.40 Å². The van der Waals surface area contributed by atoms with E-state index in [1.165, 1.54) is 11.1 Å². The number of hydrogen-bond acceptors (Lipinski definition) is 1. The Balaban J connectivity index is 2.80. The molecule has 0 aliphatic carbocycles. The molecule has 2 rings (SSSR count). The number of nitrogens with zero attached hydrogens (tertiary/aromatic N) is 2. The van der Waals surface area contributed by atoms with E-state index in [-0.39, 0.29) is 0 Å². The van der Waals surface area contributed by atoms with Gasteiger partial charge in [0.05, 0.1) is 0 Å². The molecule has 0 aliphatic heterocycles. The lowest BCUT2D eigenvalue weighted by Crippen LogP contribution is -1.91. The number of pyridine rings is 1. The standard InChI is InChI=1S/C10H12N2/c1-3-9-6-8(2)7-12-5-4-11-10(9)12/h4-7H,3H2,1-2H3. The molecule has 0 spiro atoms. The van der Waals surface area contributed by atoms with Gasteiger partial charge in [0, 0.05) is 18.6 Å². The van der Waals surface area contributed by atoms with Crippen LogP contribution in [0.3, 0.4) is 0 Å². The fraction of sp³-hybridized carbons (Fsp3) is 0.300. The maximum Gasteiger partial charge on any atom is 0.139 e. The van der Waals surface area contributed by atoms with Crippen LogP contribution in [0.15, 0.2) is 24.7 Å². The second-order valence-corrected chi connectivity index (χ2v) is 3.05. The summed E-state index contributed by atoms with van der Waals surface area (Å²) in [7, 11) is 0. The Hall–Kier alpha value is -1.31. The highest BCUT2D eigenvalue weighted by Crippen LogP contribution is 2.11. The zero-order chi connectivity index (χ0) is 8.55. The third-order valence-electron chi connectivity index (χ3n) is 2.08. The van der Waals surface area contributed by atoms with E-state index in [4.69, 9.17) is 0 Å². The molecule has 2 aromatic heterocycles. The van der Waals surface area contributed by atoms with Crippen molar-refractivity contribution in [3.05, 3.63) is 35.8 Å². The Labute approximate surface area is 71.9 Å². The Morgan fingerprint density at radius 2 is 2.33 bits per heavy atom. The molecule has 12 heavy (non-hydrogen) atoms. The first-order chi connectivity index (χ1) is 5.81. The highest BCUT2D eigenvalue weighted by Gasteiger charge is 2.00. The van der Waals surface area contributed by atoms with E-state index in [9.17, 15) is 0 Å². The van der Waals surface area contributed by atoms with Crippen molar-refractivity contribution in [2.75, 3.05) is 0 Å². The summed E-state index contributed by atoms with van der Waals surface area (Å²) < 4.78 is 2.08. The van der Waals surface area contributed by atoms with Gasteiger partial charge in [-0.15, -0.1) is 0 Å². The van der Waals surface area contributed by atoms with Crippen molar-refractivity contribution in [2.45, 2.75) is 20.3 Å². The largest absolute Gasteiger partial charge is 0.307 e. The molecule has 2 nitrogen and oxygen atoms in total. The Morgan fingerprint density at radius 3 is 3.08 bits per heavy atom. The van der Waals surface area contributed by atoms with Crippen molar-refractivity contribution in [1.29, 1.82) is 0 Å². The molecule has 2 aromatic rings. The molecule has 0 radical (unpaired) electrons. The van der Waals surface area contributed by atoms with Crippen LogP contribution in [-0.4, -0.2) is 9.38 Å². The molecule has 0 unspecified atom stereocenters. The van der Waals surface area contributed by atoms with Crippen LogP contribution >= 0.6 is 0 Å². The van der Waals surface area contributed by atoms with Crippen molar-refractivity contribution in [1.82, 2.24) is 9.38 Å². The smallest absolute Gasteiger partial charge is 0.139 e. The molecule has 0 bridgehead atoms. The average molecular weight is 160 g/mol. The van der Waals surface area contributed by atoms with Crippen molar-refractivity contribution in [3.63, 3.8) is 0 Å². The first-order valence-electron chi connectivity index (χ1n) is 4.23. The monoisotopic (exact) mass is 160 g/mol. The molecule has 0 amide bonds. The Morgan fingerprint density at radius 1 is 1.50 bits per heavy atom. The summed E-state index contributed by atoms with van der Waals surface area (Å²) >= 11 is 0. The van der Waals surface area contributed by atoms with Crippen LogP contribution in [0.1, 0.15) is 18.1 Å². The maximum absolute atomic E-state index is 4.29. The first kappa shape index (κ1) is 7.35. The molecule has 2 heteroatoms. The van der Waals surface area contributed by atoms with Crippen LogP contribution < -0.4 is 0 Å². The fourth-order valence-electron chi connectivity index (χ4n) is 1.52. The fourth-order valence-corrected chi connectivity index (χ4v) is 1.52. The maximum atomic E-state index is 4.29. The quantitative estimate of drug-likeness (QED) is 0.625. The summed E-state index contributed by atoms with van der Waals surface area (Å²) in [5.74, 6) is 0. The number of aromatic nitrogens is 2. The minimum Gasteiger partial charge on any atom is -0.307 e. The zero-order valence-electron chi connectivity index (χ0n) is 7.41. The highest BCUT2D eigenvalue weighted by atomic mass is 15.0. The van der Waals surface area contributed by atoms with E-state index >= 15 is 0 Å². The van der Waals surface area contributed by atoms with Gasteiger partial charge in [0.15, 0.2) is 0 Å². The Bertz CT molecular complexity index is 401. The molecule has 0 saturated carbocycles. The van der Waals surface area contributed by atoms with Crippen LogP contribution in [0, 0.1) is 6.92 Å². The lowest BCUT2D eigenvalue weighted by molar-refractivity contribution is 1.07. The highest BCUT2D eigenvalue weighted by molar-refractivity contribution is 5.48. The van der Waals surface area contributed by atoms with Gasteiger partial charge in [0.1, 0.15) is 5.65 Å². The minimum absolute atomic E-state index is 1.04. The number of aryl methyl sites for hydroxylation is 2. The molecule has 0 aliphatic rings. The van der Waals surface area contributed by atoms with Crippen molar-refractivity contribution in [3.8, 4) is 0 Å². The van der Waals surface area contributed by atoms with E-state index in [0.717, 1.165) is 12.1 Å². The van der Waals surface area contributed by atoms with Crippen molar-refractivity contribution >= 4 is 5.65 Å². The number of fused-ring (bicyclic) bond motifs is 1. The van der Waals surface area contributed by atoms with E-state index in [0.29, 0.717) is 0 Å². The summed E-state index contributed by atoms with van der Waals surface area (Å²) in [5, 5.41) is 0. The summed E-state index contributed by atoms with van der Waals surface area (Å²) in [6.45, 7) is 4.27.